The number of esters is 2. The van der Waals surface area contributed by atoms with Crippen molar-refractivity contribution < 1.29 is 53.5 Å². The standard InChI is InChI=1S/C20H32O11/c21-16(22)7-1-3-10-19(27)30-14-15(13-29-12-6-5-9-18(25)26)31-20(28)11-4-2-8-17(23)24/h15H,1-14H2,(H,21,22)(H,23,24)(H,25,26). The van der Waals surface area contributed by atoms with Gasteiger partial charge in [0.05, 0.1) is 6.61 Å². The third kappa shape index (κ3) is 20.4. The van der Waals surface area contributed by atoms with Crippen LogP contribution in [0, 0.1) is 0 Å². The first-order valence-electron chi connectivity index (χ1n) is 10.3. The monoisotopic (exact) mass is 448 g/mol. The molecule has 31 heavy (non-hydrogen) atoms. The predicted molar refractivity (Wildman–Crippen MR) is 105 cm³/mol. The molecule has 0 fully saturated rings. The van der Waals surface area contributed by atoms with Crippen LogP contribution in [0.5, 0.6) is 0 Å². The number of hydrogen-bond donors (Lipinski definition) is 3. The van der Waals surface area contributed by atoms with Gasteiger partial charge in [-0.05, 0) is 38.5 Å². The minimum atomic E-state index is -0.946. The summed E-state index contributed by atoms with van der Waals surface area (Å²) in [5.74, 6) is -3.90. The Bertz CT molecular complexity index is 573. The second-order valence-electron chi connectivity index (χ2n) is 6.92. The smallest absolute Gasteiger partial charge is 0.306 e. The Morgan fingerprint density at radius 2 is 1.03 bits per heavy atom. The number of aliphatic carboxylic acids is 3. The van der Waals surface area contributed by atoms with Crippen molar-refractivity contribution in [2.75, 3.05) is 19.8 Å². The third-order valence-corrected chi connectivity index (χ3v) is 4.00. The average Bonchev–Trinajstić information content (AvgIpc) is 2.68. The lowest BCUT2D eigenvalue weighted by atomic mass is 10.2. The number of ether oxygens (including phenoxy) is 3. The maximum atomic E-state index is 11.9. The van der Waals surface area contributed by atoms with Crippen molar-refractivity contribution in [3.8, 4) is 0 Å². The molecule has 0 bridgehead atoms. The van der Waals surface area contributed by atoms with Crippen molar-refractivity contribution in [1.82, 2.24) is 0 Å². The van der Waals surface area contributed by atoms with Crippen LogP contribution in [-0.2, 0) is 38.2 Å². The first-order valence-corrected chi connectivity index (χ1v) is 10.3. The molecule has 0 radical (unpaired) electrons. The van der Waals surface area contributed by atoms with Crippen LogP contribution in [0.3, 0.4) is 0 Å². The molecule has 1 atom stereocenters. The minimum Gasteiger partial charge on any atom is -0.481 e. The van der Waals surface area contributed by atoms with E-state index in [0.29, 0.717) is 38.5 Å². The quantitative estimate of drug-likeness (QED) is 0.183. The number of rotatable bonds is 20. The zero-order valence-corrected chi connectivity index (χ0v) is 17.6. The molecule has 0 rings (SSSR count). The highest BCUT2D eigenvalue weighted by Crippen LogP contribution is 2.07. The molecule has 0 aromatic carbocycles. The van der Waals surface area contributed by atoms with Gasteiger partial charge in [-0.3, -0.25) is 24.0 Å². The van der Waals surface area contributed by atoms with Gasteiger partial charge in [-0.1, -0.05) is 0 Å². The van der Waals surface area contributed by atoms with Crippen LogP contribution < -0.4 is 0 Å². The maximum absolute atomic E-state index is 11.9. The predicted octanol–water partition coefficient (Wildman–Crippen LogP) is 2.00. The maximum Gasteiger partial charge on any atom is 0.306 e. The molecule has 0 aliphatic heterocycles. The van der Waals surface area contributed by atoms with Crippen molar-refractivity contribution in [3.63, 3.8) is 0 Å². The number of hydrogen-bond acceptors (Lipinski definition) is 8. The summed E-state index contributed by atoms with van der Waals surface area (Å²) in [4.78, 5) is 55.1. The van der Waals surface area contributed by atoms with E-state index in [9.17, 15) is 24.0 Å². The second kappa shape index (κ2) is 18.1. The Kier molecular flexibility index (Phi) is 16.5. The second-order valence-corrected chi connectivity index (χ2v) is 6.92. The van der Waals surface area contributed by atoms with Crippen LogP contribution in [0.2, 0.25) is 0 Å². The van der Waals surface area contributed by atoms with Crippen molar-refractivity contribution in [2.45, 2.75) is 76.7 Å². The summed E-state index contributed by atoms with van der Waals surface area (Å²) >= 11 is 0. The Morgan fingerprint density at radius 1 is 0.581 bits per heavy atom. The third-order valence-electron chi connectivity index (χ3n) is 4.00. The summed E-state index contributed by atoms with van der Waals surface area (Å²) in [5.41, 5.74) is 0. The molecule has 0 heterocycles. The highest BCUT2D eigenvalue weighted by atomic mass is 16.6. The van der Waals surface area contributed by atoms with E-state index in [-0.39, 0.29) is 51.9 Å². The van der Waals surface area contributed by atoms with Gasteiger partial charge in [0.15, 0.2) is 6.10 Å². The van der Waals surface area contributed by atoms with Crippen molar-refractivity contribution >= 4 is 29.8 Å². The molecular formula is C20H32O11. The van der Waals surface area contributed by atoms with E-state index in [1.165, 1.54) is 0 Å². The van der Waals surface area contributed by atoms with Crippen molar-refractivity contribution in [2.24, 2.45) is 0 Å². The Balaban J connectivity index is 4.32. The minimum absolute atomic E-state index is 0.0194. The first-order chi connectivity index (χ1) is 14.7. The number of unbranched alkanes of at least 4 members (excludes halogenated alkanes) is 3. The van der Waals surface area contributed by atoms with Gasteiger partial charge in [0.25, 0.3) is 0 Å². The van der Waals surface area contributed by atoms with E-state index in [4.69, 9.17) is 29.5 Å². The van der Waals surface area contributed by atoms with Crippen molar-refractivity contribution in [1.29, 1.82) is 0 Å². The van der Waals surface area contributed by atoms with Crippen LogP contribution >= 0.6 is 0 Å². The number of carboxylic acid groups (broad SMARTS) is 3. The largest absolute Gasteiger partial charge is 0.481 e. The van der Waals surface area contributed by atoms with E-state index >= 15 is 0 Å². The fourth-order valence-electron chi connectivity index (χ4n) is 2.41. The molecule has 0 saturated carbocycles. The van der Waals surface area contributed by atoms with E-state index in [1.807, 2.05) is 0 Å². The van der Waals surface area contributed by atoms with Crippen LogP contribution in [0.4, 0.5) is 0 Å². The lowest BCUT2D eigenvalue weighted by Crippen LogP contribution is -2.30. The lowest BCUT2D eigenvalue weighted by Gasteiger charge is -2.18. The van der Waals surface area contributed by atoms with Gasteiger partial charge < -0.3 is 29.5 Å². The molecule has 0 aromatic heterocycles. The SMILES string of the molecule is O=C(O)CCCCOCC(COC(=O)CCCCC(=O)O)OC(=O)CCCCC(=O)O. The number of carboxylic acids is 3. The fourth-order valence-corrected chi connectivity index (χ4v) is 2.41. The summed E-state index contributed by atoms with van der Waals surface area (Å²) in [6.07, 6.45) is 1.48. The molecule has 3 N–H and O–H groups in total. The molecule has 0 spiro atoms. The molecular weight excluding hydrogens is 416 g/mol. The molecule has 11 heteroatoms. The van der Waals surface area contributed by atoms with Crippen molar-refractivity contribution in [3.05, 3.63) is 0 Å². The molecule has 0 amide bonds. The number of carbonyl (C=O) groups is 5. The summed E-state index contributed by atoms with van der Waals surface area (Å²) < 4.78 is 15.7. The molecule has 11 nitrogen and oxygen atoms in total. The summed E-state index contributed by atoms with van der Waals surface area (Å²) in [5, 5.41) is 25.8. The fraction of sp³-hybridized carbons (Fsp3) is 0.750. The topological polar surface area (TPSA) is 174 Å². The lowest BCUT2D eigenvalue weighted by molar-refractivity contribution is -0.163. The molecule has 0 aliphatic rings. The Labute approximate surface area is 180 Å². The summed E-state index contributed by atoms with van der Waals surface area (Å²) in [6, 6.07) is 0. The summed E-state index contributed by atoms with van der Waals surface area (Å²) in [6.45, 7) is -0.0168. The van der Waals surface area contributed by atoms with Gasteiger partial charge in [0, 0.05) is 38.7 Å². The Morgan fingerprint density at radius 3 is 1.55 bits per heavy atom. The summed E-state index contributed by atoms with van der Waals surface area (Å²) in [7, 11) is 0. The highest BCUT2D eigenvalue weighted by molar-refractivity contribution is 5.71. The molecule has 0 aromatic rings. The first kappa shape index (κ1) is 28.3. The van der Waals surface area contributed by atoms with Crippen LogP contribution in [0.25, 0.3) is 0 Å². The van der Waals surface area contributed by atoms with Gasteiger partial charge in [-0.2, -0.15) is 0 Å². The van der Waals surface area contributed by atoms with E-state index in [1.54, 1.807) is 0 Å². The normalized spacial score (nSPS) is 11.5. The molecule has 0 saturated heterocycles. The van der Waals surface area contributed by atoms with E-state index in [0.717, 1.165) is 0 Å². The molecule has 178 valence electrons. The van der Waals surface area contributed by atoms with E-state index < -0.39 is 36.0 Å². The van der Waals surface area contributed by atoms with Crippen LogP contribution in [0.1, 0.15) is 70.6 Å². The van der Waals surface area contributed by atoms with Gasteiger partial charge >= 0.3 is 29.8 Å². The van der Waals surface area contributed by atoms with Gasteiger partial charge in [-0.15, -0.1) is 0 Å². The zero-order chi connectivity index (χ0) is 23.5. The van der Waals surface area contributed by atoms with Crippen LogP contribution in [-0.4, -0.2) is 71.1 Å². The van der Waals surface area contributed by atoms with E-state index in [2.05, 4.69) is 0 Å². The number of carbonyl (C=O) groups excluding carboxylic acids is 2. The Hall–Kier alpha value is -2.69. The van der Waals surface area contributed by atoms with Crippen LogP contribution in [0.15, 0.2) is 0 Å². The van der Waals surface area contributed by atoms with Gasteiger partial charge in [0.1, 0.15) is 6.61 Å². The molecule has 0 aliphatic carbocycles. The average molecular weight is 448 g/mol. The molecule has 1 unspecified atom stereocenters. The highest BCUT2D eigenvalue weighted by Gasteiger charge is 2.18. The van der Waals surface area contributed by atoms with Gasteiger partial charge in [0.2, 0.25) is 0 Å². The van der Waals surface area contributed by atoms with Gasteiger partial charge in [-0.25, -0.2) is 0 Å². The zero-order valence-electron chi connectivity index (χ0n) is 17.6.